The summed E-state index contributed by atoms with van der Waals surface area (Å²) in [5.41, 5.74) is 0. The number of rotatable bonds is 19. The normalized spacial score (nSPS) is 37.6. The van der Waals surface area contributed by atoms with Gasteiger partial charge in [-0.3, -0.25) is 74.1 Å². The highest BCUT2D eigenvalue weighted by atomic mass is 31.3. The first-order chi connectivity index (χ1) is 34.1. The second-order valence-electron chi connectivity index (χ2n) is 16.4. The van der Waals surface area contributed by atoms with Crippen LogP contribution in [-0.4, -0.2) is 241 Å². The summed E-state index contributed by atoms with van der Waals surface area (Å²) in [6, 6.07) is -3.37. The molecule has 0 aromatic carbocycles. The van der Waals surface area contributed by atoms with Gasteiger partial charge in [0.1, 0.15) is 54.9 Å². The highest BCUT2D eigenvalue weighted by Crippen LogP contribution is 2.67. The summed E-state index contributed by atoms with van der Waals surface area (Å²) in [4.78, 5) is 108. The SMILES string of the molecule is CO[C@@H]1[C@H](OP(=O)(O)OC[C@H]2O[C@@H](N3C=NC4C(=O)NC(=N)N=C43)[C@H](O)[C@@H]2O)[C@@H](COP(=O)(O)OP(=O)(O)OP(=O)([O-])OC[C@H]2O[C@@H](N3C=[N+](C)C4C(=O)NC(=N)N=C43)[C@H](O)[C@@H]2O)O[C@H]1N1CCC(=O)NC1=O. The van der Waals surface area contributed by atoms with E-state index in [4.69, 9.17) is 43.3 Å². The molecular formula is C31H44N12O26P4. The van der Waals surface area contributed by atoms with Crippen molar-refractivity contribution in [2.45, 2.75) is 92.1 Å². The topological polar surface area (TPSA) is 527 Å². The number of nitrogens with zero attached hydrogens (tertiary/aromatic N) is 7. The Bertz CT molecular complexity index is 2650. The lowest BCUT2D eigenvalue weighted by molar-refractivity contribution is -0.498. The van der Waals surface area contributed by atoms with E-state index < -0.39 is 172 Å². The quantitative estimate of drug-likeness (QED) is 0.0422. The summed E-state index contributed by atoms with van der Waals surface area (Å²) < 4.78 is 104. The third-order valence-electron chi connectivity index (χ3n) is 11.5. The van der Waals surface area contributed by atoms with Crippen molar-refractivity contribution in [3.8, 4) is 0 Å². The molecule has 73 heavy (non-hydrogen) atoms. The molecule has 12 N–H and O–H groups in total. The predicted octanol–water partition coefficient (Wildman–Crippen LogP) is -7.21. The molecule has 42 heteroatoms. The maximum Gasteiger partial charge on any atom is 0.487 e. The van der Waals surface area contributed by atoms with Crippen LogP contribution in [0.2, 0.25) is 0 Å². The molecule has 38 nitrogen and oxygen atoms in total. The number of imide groups is 1. The molecule has 8 heterocycles. The maximum atomic E-state index is 13.5. The molecule has 0 aliphatic carbocycles. The van der Waals surface area contributed by atoms with E-state index >= 15 is 0 Å². The van der Waals surface area contributed by atoms with E-state index in [1.807, 2.05) is 5.32 Å². The number of guanidine groups is 2. The molecule has 8 aliphatic rings. The van der Waals surface area contributed by atoms with Crippen molar-refractivity contribution in [1.82, 2.24) is 30.7 Å². The minimum absolute atomic E-state index is 0.104. The number of urea groups is 1. The van der Waals surface area contributed by atoms with Crippen molar-refractivity contribution in [3.05, 3.63) is 0 Å². The number of methoxy groups -OCH3 is 1. The average Bonchev–Trinajstić information content (AvgIpc) is 4.07. The molecule has 6 unspecified atom stereocenters. The fraction of sp³-hybridized carbons (Fsp3) is 0.677. The zero-order valence-electron chi connectivity index (χ0n) is 37.1. The third kappa shape index (κ3) is 11.6. The van der Waals surface area contributed by atoms with Gasteiger partial charge in [-0.25, -0.2) is 27.4 Å². The number of aliphatic imine (C=N–C) groups is 3. The summed E-state index contributed by atoms with van der Waals surface area (Å²) in [6.07, 6.45) is -19.1. The highest BCUT2D eigenvalue weighted by molar-refractivity contribution is 7.66. The van der Waals surface area contributed by atoms with Gasteiger partial charge in [0, 0.05) is 20.1 Å². The first kappa shape index (κ1) is 54.9. The minimum Gasteiger partial charge on any atom is -0.756 e. The summed E-state index contributed by atoms with van der Waals surface area (Å²) in [6.45, 7) is -3.97. The van der Waals surface area contributed by atoms with Crippen molar-refractivity contribution in [1.29, 1.82) is 10.8 Å². The van der Waals surface area contributed by atoms with Crippen molar-refractivity contribution >= 4 is 91.3 Å². The fourth-order valence-electron chi connectivity index (χ4n) is 8.31. The van der Waals surface area contributed by atoms with Gasteiger partial charge >= 0.3 is 29.5 Å². The lowest BCUT2D eigenvalue weighted by Gasteiger charge is -2.34. The third-order valence-corrected chi connectivity index (χ3v) is 16.7. The second kappa shape index (κ2) is 20.7. The van der Waals surface area contributed by atoms with Gasteiger partial charge in [-0.2, -0.15) is 19.2 Å². The number of amides is 5. The molecule has 0 saturated carbocycles. The van der Waals surface area contributed by atoms with Crippen LogP contribution in [0.25, 0.3) is 0 Å². The van der Waals surface area contributed by atoms with Gasteiger partial charge in [0.25, 0.3) is 31.5 Å². The lowest BCUT2D eigenvalue weighted by atomic mass is 10.1. The number of amidine groups is 2. The van der Waals surface area contributed by atoms with Gasteiger partial charge in [0.05, 0.1) is 33.2 Å². The molecule has 4 fully saturated rings. The summed E-state index contributed by atoms with van der Waals surface area (Å²) >= 11 is 0. The molecule has 0 aromatic rings. The lowest BCUT2D eigenvalue weighted by Crippen LogP contribution is -2.57. The molecule has 0 aromatic heterocycles. The Hall–Kier alpha value is -4.30. The van der Waals surface area contributed by atoms with Crippen LogP contribution < -0.4 is 20.8 Å². The number of phosphoric acid groups is 4. The van der Waals surface area contributed by atoms with Crippen molar-refractivity contribution in [3.63, 3.8) is 0 Å². The van der Waals surface area contributed by atoms with E-state index in [2.05, 4.69) is 38.8 Å². The van der Waals surface area contributed by atoms with E-state index in [1.165, 1.54) is 18.0 Å². The smallest absolute Gasteiger partial charge is 0.487 e. The van der Waals surface area contributed by atoms with Crippen molar-refractivity contribution < 1.29 is 128 Å². The molecule has 0 spiro atoms. The molecule has 8 rings (SSSR count). The van der Waals surface area contributed by atoms with Crippen LogP contribution in [0, 0.1) is 10.8 Å². The van der Waals surface area contributed by atoms with E-state index in [0.29, 0.717) is 0 Å². The zero-order chi connectivity index (χ0) is 53.3. The molecule has 8 aliphatic heterocycles. The van der Waals surface area contributed by atoms with Gasteiger partial charge in [0.15, 0.2) is 24.3 Å². The number of aliphatic hydroxyl groups is 4. The van der Waals surface area contributed by atoms with Crippen LogP contribution in [0.4, 0.5) is 4.79 Å². The van der Waals surface area contributed by atoms with Gasteiger partial charge in [-0.1, -0.05) is 0 Å². The number of phosphoric ester groups is 3. The number of hydrogen-bond donors (Lipinski definition) is 12. The van der Waals surface area contributed by atoms with E-state index in [0.717, 1.165) is 28.1 Å². The molecule has 0 radical (unpaired) electrons. The number of aliphatic hydroxyl groups excluding tert-OH is 4. The molecule has 18 atom stereocenters. The van der Waals surface area contributed by atoms with Crippen LogP contribution in [0.3, 0.4) is 0 Å². The van der Waals surface area contributed by atoms with Crippen molar-refractivity contribution in [2.75, 3.05) is 40.5 Å². The Balaban J connectivity index is 0.890. The van der Waals surface area contributed by atoms with Gasteiger partial charge in [-0.05, 0) is 0 Å². The highest BCUT2D eigenvalue weighted by Gasteiger charge is 2.58. The first-order valence-corrected chi connectivity index (χ1v) is 26.8. The van der Waals surface area contributed by atoms with Crippen LogP contribution in [0.15, 0.2) is 15.0 Å². The molecule has 4 saturated heterocycles. The van der Waals surface area contributed by atoms with Crippen molar-refractivity contribution in [2.24, 2.45) is 15.0 Å². The van der Waals surface area contributed by atoms with E-state index in [9.17, 15) is 77.4 Å². The zero-order valence-corrected chi connectivity index (χ0v) is 40.7. The molecule has 0 bridgehead atoms. The second-order valence-corrected chi connectivity index (χ2v) is 22.4. The molecule has 5 amide bonds. The van der Waals surface area contributed by atoms with Crippen LogP contribution >= 0.6 is 31.3 Å². The summed E-state index contributed by atoms with van der Waals surface area (Å²) in [7, 11) is -21.5. The summed E-state index contributed by atoms with van der Waals surface area (Å²) in [5.74, 6) is -3.47. The number of hydrogen-bond acceptors (Lipinski definition) is 28. The number of likely N-dealkylation sites (N-methyl/N-ethyl adjacent to an activating group) is 1. The van der Waals surface area contributed by atoms with E-state index in [-0.39, 0.29) is 24.6 Å². The maximum absolute atomic E-state index is 13.5. The number of nitrogens with one attached hydrogen (secondary N) is 5. The van der Waals surface area contributed by atoms with Gasteiger partial charge in [0.2, 0.25) is 30.4 Å². The largest absolute Gasteiger partial charge is 0.756 e. The van der Waals surface area contributed by atoms with Crippen LogP contribution in [0.5, 0.6) is 0 Å². The Morgan fingerprint density at radius 2 is 1.30 bits per heavy atom. The standard InChI is InChI=1S/C31H44N12O26P4/c1-40-9-43(23-15(40)25(50)39-30(33)37-23)27-19(48)17(46)11(65-27)6-62-71(54,55)68-73(58,59)69-72(56,57)63-7-12-20(21(60-2)28(66-12)41-4-3-13(44)35-31(41)51)67-70(52,53)61-5-10-16(45)18(47)26(64-10)42-8-34-14-22(42)36-29(32)38-24(14)49/h8-12,14-21,26-28,45-48H,3-7H2,1-2H3,(H8-,32,33,35,38,39,44,49,50,51,52,53,54,55,56,57,58,59)/t10-,11-,12-,14?,15?,16-,17-,18-,19-,20-,21-,26-,27-,28-/m1/s1. The van der Waals surface area contributed by atoms with Crippen LogP contribution in [0.1, 0.15) is 6.42 Å². The first-order valence-electron chi connectivity index (χ1n) is 20.9. The number of fused-ring (bicyclic) bond motifs is 2. The summed E-state index contributed by atoms with van der Waals surface area (Å²) in [5, 5.41) is 64.7. The minimum atomic E-state index is -6.29. The number of carbonyl (C=O) groups is 4. The Morgan fingerprint density at radius 3 is 1.93 bits per heavy atom. The Labute approximate surface area is 407 Å². The van der Waals surface area contributed by atoms with E-state index in [1.54, 1.807) is 0 Å². The average molecular weight is 1120 g/mol. The molecular weight excluding hydrogens is 1080 g/mol. The monoisotopic (exact) mass is 1120 g/mol. The fourth-order valence-corrected chi connectivity index (χ4v) is 12.8. The van der Waals surface area contributed by atoms with Gasteiger partial charge < -0.3 is 63.5 Å². The Kier molecular flexibility index (Phi) is 15.6. The number of ether oxygens (including phenoxy) is 4. The predicted molar refractivity (Wildman–Crippen MR) is 226 cm³/mol. The Morgan fingerprint density at radius 1 is 0.740 bits per heavy atom. The number of carbonyl (C=O) groups excluding carboxylic acids is 4. The van der Waals surface area contributed by atoms with Crippen LogP contribution in [-0.2, 0) is 78.3 Å². The van der Waals surface area contributed by atoms with Gasteiger partial charge in [-0.15, -0.1) is 0 Å². The molecule has 404 valence electrons.